The molecule has 2 aromatic rings. The molecule has 1 heterocycles. The predicted molar refractivity (Wildman–Crippen MR) is 89.1 cm³/mol. The molecule has 1 aliphatic heterocycles. The molecule has 1 unspecified atom stereocenters. The highest BCUT2D eigenvalue weighted by Crippen LogP contribution is 2.38. The van der Waals surface area contributed by atoms with E-state index < -0.39 is 17.2 Å². The SMILES string of the molecule is FC(F)(F)c1cc(N2N=CN(c3ccccc3)C2S)ccc1Cl. The van der Waals surface area contributed by atoms with Crippen LogP contribution in [-0.2, 0) is 6.18 Å². The first-order chi connectivity index (χ1) is 10.9. The summed E-state index contributed by atoms with van der Waals surface area (Å²) in [5.41, 5.74) is -0.356. The van der Waals surface area contributed by atoms with E-state index in [0.29, 0.717) is 0 Å². The van der Waals surface area contributed by atoms with Crippen LogP contribution in [0, 0.1) is 0 Å². The fraction of sp³-hybridized carbons (Fsp3) is 0.133. The Kier molecular flexibility index (Phi) is 4.16. The normalized spacial score (nSPS) is 17.9. The van der Waals surface area contributed by atoms with Crippen LogP contribution in [0.25, 0.3) is 0 Å². The molecule has 1 atom stereocenters. The van der Waals surface area contributed by atoms with Crippen LogP contribution in [0.15, 0.2) is 53.6 Å². The van der Waals surface area contributed by atoms with Crippen molar-refractivity contribution >= 4 is 41.9 Å². The third-order valence-corrected chi connectivity index (χ3v) is 4.14. The number of benzene rings is 2. The van der Waals surface area contributed by atoms with Gasteiger partial charge in [0.15, 0.2) is 5.50 Å². The number of alkyl halides is 3. The minimum absolute atomic E-state index is 0.261. The van der Waals surface area contributed by atoms with Gasteiger partial charge in [0.1, 0.15) is 6.34 Å². The molecule has 0 amide bonds. The number of rotatable bonds is 2. The van der Waals surface area contributed by atoms with Crippen LogP contribution in [0.4, 0.5) is 24.5 Å². The van der Waals surface area contributed by atoms with Crippen molar-refractivity contribution in [3.05, 3.63) is 59.1 Å². The zero-order valence-electron chi connectivity index (χ0n) is 11.6. The van der Waals surface area contributed by atoms with Crippen LogP contribution in [0.2, 0.25) is 5.02 Å². The summed E-state index contributed by atoms with van der Waals surface area (Å²) in [4.78, 5) is 1.74. The van der Waals surface area contributed by atoms with Crippen LogP contribution < -0.4 is 9.91 Å². The van der Waals surface area contributed by atoms with Crippen molar-refractivity contribution in [3.8, 4) is 0 Å². The molecular formula is C15H11ClF3N3S. The van der Waals surface area contributed by atoms with Gasteiger partial charge in [0.2, 0.25) is 0 Å². The summed E-state index contributed by atoms with van der Waals surface area (Å²) in [7, 11) is 0. The minimum Gasteiger partial charge on any atom is -0.299 e. The minimum atomic E-state index is -4.53. The number of hydrogen-bond donors (Lipinski definition) is 1. The van der Waals surface area contributed by atoms with Crippen molar-refractivity contribution in [1.29, 1.82) is 0 Å². The van der Waals surface area contributed by atoms with E-state index in [4.69, 9.17) is 11.6 Å². The monoisotopic (exact) mass is 357 g/mol. The Morgan fingerprint density at radius 2 is 1.74 bits per heavy atom. The molecule has 23 heavy (non-hydrogen) atoms. The molecule has 0 saturated carbocycles. The van der Waals surface area contributed by atoms with Crippen molar-refractivity contribution in [2.45, 2.75) is 11.7 Å². The second kappa shape index (κ2) is 5.98. The first-order valence-electron chi connectivity index (χ1n) is 6.59. The van der Waals surface area contributed by atoms with E-state index in [1.165, 1.54) is 23.5 Å². The van der Waals surface area contributed by atoms with Gasteiger partial charge in [0, 0.05) is 5.69 Å². The summed E-state index contributed by atoms with van der Waals surface area (Å²) >= 11 is 10.1. The molecule has 2 aromatic carbocycles. The molecule has 3 nitrogen and oxygen atoms in total. The Labute approximate surface area is 141 Å². The van der Waals surface area contributed by atoms with Gasteiger partial charge < -0.3 is 0 Å². The Bertz CT molecular complexity index is 736. The van der Waals surface area contributed by atoms with Crippen LogP contribution in [0.3, 0.4) is 0 Å². The van der Waals surface area contributed by atoms with Crippen LogP contribution in [0.1, 0.15) is 5.56 Å². The molecule has 8 heteroatoms. The highest BCUT2D eigenvalue weighted by Gasteiger charge is 2.35. The maximum Gasteiger partial charge on any atom is 0.417 e. The molecule has 120 valence electrons. The van der Waals surface area contributed by atoms with Gasteiger partial charge in [-0.15, -0.1) is 12.6 Å². The Hall–Kier alpha value is -1.86. The number of para-hydroxylation sites is 1. The average molecular weight is 358 g/mol. The summed E-state index contributed by atoms with van der Waals surface area (Å²) in [6, 6.07) is 13.0. The second-order valence-electron chi connectivity index (χ2n) is 4.83. The number of hydrazone groups is 1. The Balaban J connectivity index is 1.91. The largest absolute Gasteiger partial charge is 0.417 e. The first-order valence-corrected chi connectivity index (χ1v) is 7.49. The van der Waals surface area contributed by atoms with Gasteiger partial charge in [0.05, 0.1) is 16.3 Å². The number of hydrogen-bond acceptors (Lipinski definition) is 4. The molecule has 0 aromatic heterocycles. The van der Waals surface area contributed by atoms with Gasteiger partial charge in [0.25, 0.3) is 0 Å². The third-order valence-electron chi connectivity index (χ3n) is 3.34. The van der Waals surface area contributed by atoms with E-state index in [9.17, 15) is 13.2 Å². The third kappa shape index (κ3) is 3.11. The molecule has 3 rings (SSSR count). The molecule has 0 bridgehead atoms. The number of nitrogens with zero attached hydrogens (tertiary/aromatic N) is 3. The molecule has 0 saturated heterocycles. The van der Waals surface area contributed by atoms with E-state index in [1.54, 1.807) is 4.90 Å². The van der Waals surface area contributed by atoms with Crippen molar-refractivity contribution in [1.82, 2.24) is 0 Å². The summed E-state index contributed by atoms with van der Waals surface area (Å²) in [6.07, 6.45) is -3.00. The molecular weight excluding hydrogens is 347 g/mol. The number of halogens is 4. The maximum absolute atomic E-state index is 13.0. The van der Waals surface area contributed by atoms with Gasteiger partial charge in [-0.1, -0.05) is 29.8 Å². The highest BCUT2D eigenvalue weighted by molar-refractivity contribution is 7.81. The Morgan fingerprint density at radius 1 is 1.04 bits per heavy atom. The smallest absolute Gasteiger partial charge is 0.299 e. The van der Waals surface area contributed by atoms with E-state index in [0.717, 1.165) is 11.8 Å². The fourth-order valence-electron chi connectivity index (χ4n) is 2.22. The summed E-state index contributed by atoms with van der Waals surface area (Å²) in [5, 5.41) is 5.19. The first kappa shape index (κ1) is 16.0. The lowest BCUT2D eigenvalue weighted by atomic mass is 10.2. The van der Waals surface area contributed by atoms with Crippen LogP contribution in [0.5, 0.6) is 0 Å². The topological polar surface area (TPSA) is 18.8 Å². The van der Waals surface area contributed by atoms with Crippen molar-refractivity contribution in [3.63, 3.8) is 0 Å². The standard InChI is InChI=1S/C15H11ClF3N3S/c16-13-7-6-11(8-12(13)15(17,18)19)22-14(23)21(9-20-22)10-4-2-1-3-5-10/h1-9,14,23H. The van der Waals surface area contributed by atoms with Crippen molar-refractivity contribution in [2.24, 2.45) is 5.10 Å². The Morgan fingerprint density at radius 3 is 2.39 bits per heavy atom. The van der Waals surface area contributed by atoms with Gasteiger partial charge in [-0.2, -0.15) is 18.3 Å². The summed E-state index contributed by atoms with van der Waals surface area (Å²) in [5.74, 6) is 0. The van der Waals surface area contributed by atoms with Gasteiger partial charge >= 0.3 is 6.18 Å². The predicted octanol–water partition coefficient (Wildman–Crippen LogP) is 4.84. The zero-order valence-corrected chi connectivity index (χ0v) is 13.2. The lowest BCUT2D eigenvalue weighted by molar-refractivity contribution is -0.137. The fourth-order valence-corrected chi connectivity index (χ4v) is 2.83. The van der Waals surface area contributed by atoms with E-state index in [2.05, 4.69) is 17.7 Å². The molecule has 0 N–H and O–H groups in total. The van der Waals surface area contributed by atoms with E-state index in [-0.39, 0.29) is 10.7 Å². The molecule has 0 spiro atoms. The highest BCUT2D eigenvalue weighted by atomic mass is 35.5. The molecule has 0 aliphatic carbocycles. The molecule has 0 radical (unpaired) electrons. The average Bonchev–Trinajstić information content (AvgIpc) is 2.89. The lowest BCUT2D eigenvalue weighted by Gasteiger charge is -2.27. The van der Waals surface area contributed by atoms with Gasteiger partial charge in [-0.25, -0.2) is 5.01 Å². The summed E-state index contributed by atoms with van der Waals surface area (Å²) in [6.45, 7) is 0. The van der Waals surface area contributed by atoms with Crippen molar-refractivity contribution < 1.29 is 13.2 Å². The van der Waals surface area contributed by atoms with Gasteiger partial charge in [-0.3, -0.25) is 4.90 Å². The number of anilines is 2. The summed E-state index contributed by atoms with van der Waals surface area (Å²) < 4.78 is 39.0. The zero-order chi connectivity index (χ0) is 16.6. The van der Waals surface area contributed by atoms with Crippen molar-refractivity contribution in [2.75, 3.05) is 9.91 Å². The van der Waals surface area contributed by atoms with Gasteiger partial charge in [-0.05, 0) is 30.3 Å². The molecule has 1 aliphatic rings. The van der Waals surface area contributed by atoms with E-state index in [1.807, 2.05) is 30.3 Å². The van der Waals surface area contributed by atoms with E-state index >= 15 is 0 Å². The molecule has 0 fully saturated rings. The van der Waals surface area contributed by atoms with Crippen LogP contribution >= 0.6 is 24.2 Å². The second-order valence-corrected chi connectivity index (χ2v) is 5.70. The van der Waals surface area contributed by atoms with Crippen LogP contribution in [-0.4, -0.2) is 11.8 Å². The lowest BCUT2D eigenvalue weighted by Crippen LogP contribution is -2.35. The maximum atomic E-state index is 13.0. The number of thiol groups is 1. The quantitative estimate of drug-likeness (QED) is 0.775.